The van der Waals surface area contributed by atoms with Crippen molar-refractivity contribution in [3.05, 3.63) is 47.3 Å². The molecule has 2 aromatic rings. The summed E-state index contributed by atoms with van der Waals surface area (Å²) in [6, 6.07) is 9.08. The highest BCUT2D eigenvalue weighted by atomic mass is 32.2. The fraction of sp³-hybridized carbons (Fsp3) is 0.455. The SMILES string of the molecule is CCOC(=O)c1c(S(=O)(=O)N2CCCC(C(=O)Nc3ccccc3)C2)c(C)n(C)c1C. The van der Waals surface area contributed by atoms with Crippen molar-refractivity contribution in [1.29, 1.82) is 0 Å². The van der Waals surface area contributed by atoms with Gasteiger partial charge in [0.25, 0.3) is 0 Å². The summed E-state index contributed by atoms with van der Waals surface area (Å²) in [6.45, 7) is 5.56. The van der Waals surface area contributed by atoms with Gasteiger partial charge in [-0.25, -0.2) is 13.2 Å². The molecule has 0 bridgehead atoms. The number of hydrogen-bond acceptors (Lipinski definition) is 5. The zero-order valence-electron chi connectivity index (χ0n) is 18.3. The van der Waals surface area contributed by atoms with Crippen molar-refractivity contribution in [2.24, 2.45) is 13.0 Å². The van der Waals surface area contributed by atoms with Crippen LogP contribution in [0.25, 0.3) is 0 Å². The first kappa shape index (κ1) is 23.0. The van der Waals surface area contributed by atoms with Crippen molar-refractivity contribution in [2.75, 3.05) is 25.0 Å². The second-order valence-electron chi connectivity index (χ2n) is 7.71. The molecule has 8 nitrogen and oxygen atoms in total. The lowest BCUT2D eigenvalue weighted by Gasteiger charge is -2.31. The third kappa shape index (κ3) is 4.52. The van der Waals surface area contributed by atoms with Gasteiger partial charge in [-0.05, 0) is 45.7 Å². The Bertz CT molecular complexity index is 1080. The van der Waals surface area contributed by atoms with Crippen LogP contribution in [0, 0.1) is 19.8 Å². The molecule has 1 amide bonds. The second-order valence-corrected chi connectivity index (χ2v) is 9.59. The van der Waals surface area contributed by atoms with Crippen LogP contribution in [0.2, 0.25) is 0 Å². The first-order valence-corrected chi connectivity index (χ1v) is 11.8. The number of anilines is 1. The maximum absolute atomic E-state index is 13.6. The highest BCUT2D eigenvalue weighted by Gasteiger charge is 2.39. The molecule has 1 aliphatic rings. The van der Waals surface area contributed by atoms with Gasteiger partial charge in [-0.15, -0.1) is 0 Å². The number of aromatic nitrogens is 1. The summed E-state index contributed by atoms with van der Waals surface area (Å²) < 4.78 is 35.3. The maximum Gasteiger partial charge on any atom is 0.341 e. The lowest BCUT2D eigenvalue weighted by molar-refractivity contribution is -0.120. The van der Waals surface area contributed by atoms with E-state index in [4.69, 9.17) is 4.74 Å². The summed E-state index contributed by atoms with van der Waals surface area (Å²) in [7, 11) is -2.28. The third-order valence-electron chi connectivity index (χ3n) is 5.80. The summed E-state index contributed by atoms with van der Waals surface area (Å²) in [6.07, 6.45) is 1.16. The summed E-state index contributed by atoms with van der Waals surface area (Å²) in [5.74, 6) is -1.34. The average Bonchev–Trinajstić information content (AvgIpc) is 2.99. The van der Waals surface area contributed by atoms with E-state index in [1.54, 1.807) is 44.5 Å². The number of sulfonamides is 1. The average molecular weight is 448 g/mol. The van der Waals surface area contributed by atoms with Gasteiger partial charge < -0.3 is 14.6 Å². The van der Waals surface area contributed by atoms with Gasteiger partial charge in [0, 0.05) is 37.2 Å². The molecule has 168 valence electrons. The predicted molar refractivity (Wildman–Crippen MR) is 117 cm³/mol. The predicted octanol–water partition coefficient (Wildman–Crippen LogP) is 2.86. The van der Waals surface area contributed by atoms with E-state index in [0.29, 0.717) is 36.5 Å². The lowest BCUT2D eigenvalue weighted by Crippen LogP contribution is -2.44. The van der Waals surface area contributed by atoms with Crippen LogP contribution in [0.15, 0.2) is 35.2 Å². The largest absolute Gasteiger partial charge is 0.462 e. The monoisotopic (exact) mass is 447 g/mol. The Kier molecular flexibility index (Phi) is 6.86. The number of esters is 1. The number of piperidine rings is 1. The van der Waals surface area contributed by atoms with Gasteiger partial charge in [0.1, 0.15) is 10.5 Å². The molecule has 2 heterocycles. The number of rotatable bonds is 6. The molecule has 1 fully saturated rings. The van der Waals surface area contributed by atoms with E-state index in [9.17, 15) is 18.0 Å². The van der Waals surface area contributed by atoms with Crippen LogP contribution in [0.3, 0.4) is 0 Å². The number of benzene rings is 1. The number of ether oxygens (including phenoxy) is 1. The molecule has 1 atom stereocenters. The zero-order chi connectivity index (χ0) is 22.8. The molecular formula is C22H29N3O5S. The van der Waals surface area contributed by atoms with Gasteiger partial charge in [-0.3, -0.25) is 4.79 Å². The Morgan fingerprint density at radius 3 is 2.48 bits per heavy atom. The molecule has 1 saturated heterocycles. The van der Waals surface area contributed by atoms with E-state index in [1.807, 2.05) is 18.2 Å². The molecule has 1 aliphatic heterocycles. The summed E-state index contributed by atoms with van der Waals surface area (Å²) in [4.78, 5) is 25.3. The molecule has 31 heavy (non-hydrogen) atoms. The van der Waals surface area contributed by atoms with Crippen LogP contribution in [0.1, 0.15) is 41.5 Å². The van der Waals surface area contributed by atoms with Gasteiger partial charge >= 0.3 is 5.97 Å². The van der Waals surface area contributed by atoms with Gasteiger partial charge in [-0.2, -0.15) is 4.31 Å². The number of amides is 1. The summed E-state index contributed by atoms with van der Waals surface area (Å²) >= 11 is 0. The number of carbonyl (C=O) groups is 2. The fourth-order valence-corrected chi connectivity index (χ4v) is 5.95. The van der Waals surface area contributed by atoms with E-state index in [2.05, 4.69) is 5.32 Å². The highest BCUT2D eigenvalue weighted by molar-refractivity contribution is 7.89. The summed E-state index contributed by atoms with van der Waals surface area (Å²) in [5, 5.41) is 2.86. The first-order chi connectivity index (χ1) is 14.7. The molecule has 0 aliphatic carbocycles. The minimum absolute atomic E-state index is 0.0323. The normalized spacial score (nSPS) is 17.4. The second kappa shape index (κ2) is 9.23. The Hall–Kier alpha value is -2.65. The number of nitrogens with zero attached hydrogens (tertiary/aromatic N) is 2. The Labute approximate surface area is 183 Å². The van der Waals surface area contributed by atoms with Crippen LogP contribution in [-0.4, -0.2) is 48.9 Å². The number of carbonyl (C=O) groups excluding carboxylic acids is 2. The molecule has 1 N–H and O–H groups in total. The van der Waals surface area contributed by atoms with Crippen molar-refractivity contribution >= 4 is 27.6 Å². The van der Waals surface area contributed by atoms with Crippen molar-refractivity contribution in [1.82, 2.24) is 8.87 Å². The number of hydrogen-bond donors (Lipinski definition) is 1. The topological polar surface area (TPSA) is 97.7 Å². The van der Waals surface area contributed by atoms with E-state index in [-0.39, 0.29) is 29.5 Å². The smallest absolute Gasteiger partial charge is 0.341 e. The van der Waals surface area contributed by atoms with E-state index in [1.165, 1.54) is 4.31 Å². The quantitative estimate of drug-likeness (QED) is 0.687. The van der Waals surface area contributed by atoms with Crippen molar-refractivity contribution in [2.45, 2.75) is 38.5 Å². The van der Waals surface area contributed by atoms with E-state index < -0.39 is 21.9 Å². The van der Waals surface area contributed by atoms with Gasteiger partial charge in [0.05, 0.1) is 12.5 Å². The molecule has 1 aromatic carbocycles. The highest BCUT2D eigenvalue weighted by Crippen LogP contribution is 2.32. The number of para-hydroxylation sites is 1. The molecular weight excluding hydrogens is 418 g/mol. The van der Waals surface area contributed by atoms with Crippen molar-refractivity contribution < 1.29 is 22.7 Å². The molecule has 3 rings (SSSR count). The maximum atomic E-state index is 13.6. The van der Waals surface area contributed by atoms with Crippen molar-refractivity contribution in [3.63, 3.8) is 0 Å². The minimum atomic E-state index is -4.00. The Morgan fingerprint density at radius 1 is 1.16 bits per heavy atom. The Morgan fingerprint density at radius 2 is 1.84 bits per heavy atom. The van der Waals surface area contributed by atoms with Gasteiger partial charge in [0.15, 0.2) is 0 Å². The lowest BCUT2D eigenvalue weighted by atomic mass is 9.99. The van der Waals surface area contributed by atoms with E-state index in [0.717, 1.165) is 0 Å². The standard InChI is InChI=1S/C22H29N3O5S/c1-5-30-22(27)19-15(2)24(4)16(3)20(19)31(28,29)25-13-9-10-17(14-25)21(26)23-18-11-7-6-8-12-18/h6-8,11-12,17H,5,9-10,13-14H2,1-4H3,(H,23,26). The molecule has 1 aromatic heterocycles. The first-order valence-electron chi connectivity index (χ1n) is 10.4. The fourth-order valence-electron chi connectivity index (χ4n) is 3.95. The molecule has 0 spiro atoms. The van der Waals surface area contributed by atoms with Crippen LogP contribution in [0.4, 0.5) is 5.69 Å². The van der Waals surface area contributed by atoms with Crippen LogP contribution in [0.5, 0.6) is 0 Å². The van der Waals surface area contributed by atoms with Crippen molar-refractivity contribution in [3.8, 4) is 0 Å². The molecule has 9 heteroatoms. The molecule has 1 unspecified atom stereocenters. The molecule has 0 radical (unpaired) electrons. The van der Waals surface area contributed by atoms with Gasteiger partial charge in [-0.1, -0.05) is 18.2 Å². The van der Waals surface area contributed by atoms with Gasteiger partial charge in [0.2, 0.25) is 15.9 Å². The number of nitrogens with one attached hydrogen (secondary N) is 1. The van der Waals surface area contributed by atoms with Crippen LogP contribution in [-0.2, 0) is 26.6 Å². The van der Waals surface area contributed by atoms with E-state index >= 15 is 0 Å². The molecule has 0 saturated carbocycles. The Balaban J connectivity index is 1.89. The zero-order valence-corrected chi connectivity index (χ0v) is 19.2. The minimum Gasteiger partial charge on any atom is -0.462 e. The summed E-state index contributed by atoms with van der Waals surface area (Å²) in [5.41, 5.74) is 1.74. The third-order valence-corrected chi connectivity index (χ3v) is 7.82. The van der Waals surface area contributed by atoms with Crippen LogP contribution >= 0.6 is 0 Å². The van der Waals surface area contributed by atoms with Crippen LogP contribution < -0.4 is 5.32 Å².